The molecule has 6 N–H and O–H groups in total. The fraction of sp³-hybridized carbons (Fsp3) is 0.111. The van der Waals surface area contributed by atoms with E-state index in [4.69, 9.17) is 17.2 Å². The highest BCUT2D eigenvalue weighted by atomic mass is 79.9. The van der Waals surface area contributed by atoms with E-state index in [1.54, 1.807) is 13.0 Å². The zero-order valence-corrected chi connectivity index (χ0v) is 10.1. The van der Waals surface area contributed by atoms with Gasteiger partial charge in [0.15, 0.2) is 5.96 Å². The highest BCUT2D eigenvalue weighted by Crippen LogP contribution is 2.26. The molecule has 0 spiro atoms. The van der Waals surface area contributed by atoms with Gasteiger partial charge in [-0.05, 0) is 35.0 Å². The predicted octanol–water partition coefficient (Wildman–Crippen LogP) is 1.12. The van der Waals surface area contributed by atoms with Crippen LogP contribution in [0, 0.1) is 12.7 Å². The molecule has 7 heteroatoms. The zero-order valence-electron chi connectivity index (χ0n) is 8.54. The summed E-state index contributed by atoms with van der Waals surface area (Å²) in [5.41, 5.74) is 16.4. The summed E-state index contributed by atoms with van der Waals surface area (Å²) >= 11 is 3.06. The van der Waals surface area contributed by atoms with Crippen LogP contribution in [0.1, 0.15) is 5.56 Å². The summed E-state index contributed by atoms with van der Waals surface area (Å²) in [4.78, 5) is 7.42. The Hall–Kier alpha value is -1.63. The first-order valence-electron chi connectivity index (χ1n) is 4.30. The molecular formula is C9H11BrFN5. The van der Waals surface area contributed by atoms with Crippen molar-refractivity contribution >= 4 is 33.5 Å². The lowest BCUT2D eigenvalue weighted by atomic mass is 10.2. The maximum atomic E-state index is 13.5. The van der Waals surface area contributed by atoms with E-state index in [2.05, 4.69) is 25.9 Å². The Labute approximate surface area is 100 Å². The molecule has 86 valence electrons. The van der Waals surface area contributed by atoms with Crippen LogP contribution < -0.4 is 17.2 Å². The molecule has 0 aliphatic heterocycles. The lowest BCUT2D eigenvalue weighted by Crippen LogP contribution is -2.26. The van der Waals surface area contributed by atoms with Gasteiger partial charge in [-0.25, -0.2) is 9.38 Å². The molecule has 0 aromatic heterocycles. The van der Waals surface area contributed by atoms with Gasteiger partial charge in [0.2, 0.25) is 5.96 Å². The number of halogens is 2. The summed E-state index contributed by atoms with van der Waals surface area (Å²) in [5, 5.41) is 0. The second kappa shape index (κ2) is 4.93. The molecule has 0 unspecified atom stereocenters. The van der Waals surface area contributed by atoms with Gasteiger partial charge in [0.05, 0.1) is 10.2 Å². The monoisotopic (exact) mass is 287 g/mol. The smallest absolute Gasteiger partial charge is 0.223 e. The van der Waals surface area contributed by atoms with E-state index < -0.39 is 5.82 Å². The molecular weight excluding hydrogens is 277 g/mol. The molecule has 1 aromatic carbocycles. The van der Waals surface area contributed by atoms with E-state index in [-0.39, 0.29) is 11.9 Å². The molecule has 16 heavy (non-hydrogen) atoms. The van der Waals surface area contributed by atoms with Crippen LogP contribution in [0.2, 0.25) is 0 Å². The molecule has 0 heterocycles. The summed E-state index contributed by atoms with van der Waals surface area (Å²) in [6.07, 6.45) is 0. The molecule has 0 fully saturated rings. The Morgan fingerprint density at radius 3 is 2.50 bits per heavy atom. The average Bonchev–Trinajstić information content (AvgIpc) is 2.18. The Bertz CT molecular complexity index is 465. The van der Waals surface area contributed by atoms with Crippen LogP contribution in [0.3, 0.4) is 0 Å². The number of guanidine groups is 2. The van der Waals surface area contributed by atoms with E-state index in [0.29, 0.717) is 15.7 Å². The highest BCUT2D eigenvalue weighted by molar-refractivity contribution is 9.10. The van der Waals surface area contributed by atoms with Crippen molar-refractivity contribution in [2.24, 2.45) is 27.2 Å². The van der Waals surface area contributed by atoms with E-state index >= 15 is 0 Å². The van der Waals surface area contributed by atoms with Crippen molar-refractivity contribution < 1.29 is 4.39 Å². The van der Waals surface area contributed by atoms with Crippen LogP contribution in [-0.4, -0.2) is 11.9 Å². The van der Waals surface area contributed by atoms with Gasteiger partial charge in [0, 0.05) is 5.56 Å². The SMILES string of the molecule is Cc1c(N=C(N)N=C(N)N)ccc(Br)c1F. The highest BCUT2D eigenvalue weighted by Gasteiger charge is 2.07. The van der Waals surface area contributed by atoms with Crippen molar-refractivity contribution in [3.8, 4) is 0 Å². The van der Waals surface area contributed by atoms with E-state index in [0.717, 1.165) is 0 Å². The van der Waals surface area contributed by atoms with Crippen LogP contribution in [0.25, 0.3) is 0 Å². The second-order valence-corrected chi connectivity index (χ2v) is 3.87. The Morgan fingerprint density at radius 1 is 1.31 bits per heavy atom. The van der Waals surface area contributed by atoms with Gasteiger partial charge in [-0.1, -0.05) is 0 Å². The summed E-state index contributed by atoms with van der Waals surface area (Å²) in [6, 6.07) is 3.14. The van der Waals surface area contributed by atoms with Crippen LogP contribution >= 0.6 is 15.9 Å². The molecule has 0 amide bonds. The quantitative estimate of drug-likeness (QED) is 0.533. The molecule has 1 aromatic rings. The minimum atomic E-state index is -0.390. The van der Waals surface area contributed by atoms with E-state index in [1.807, 2.05) is 0 Å². The van der Waals surface area contributed by atoms with Gasteiger partial charge in [0.25, 0.3) is 0 Å². The van der Waals surface area contributed by atoms with Crippen LogP contribution in [0.15, 0.2) is 26.6 Å². The molecule has 0 radical (unpaired) electrons. The topological polar surface area (TPSA) is 103 Å². The van der Waals surface area contributed by atoms with Crippen molar-refractivity contribution in [3.05, 3.63) is 28.0 Å². The van der Waals surface area contributed by atoms with Gasteiger partial charge in [-0.3, -0.25) is 0 Å². The summed E-state index contributed by atoms with van der Waals surface area (Å²) < 4.78 is 13.8. The van der Waals surface area contributed by atoms with Gasteiger partial charge >= 0.3 is 0 Å². The van der Waals surface area contributed by atoms with Crippen molar-refractivity contribution in [2.45, 2.75) is 6.92 Å². The maximum absolute atomic E-state index is 13.5. The number of rotatable bonds is 1. The third-order valence-electron chi connectivity index (χ3n) is 1.79. The van der Waals surface area contributed by atoms with Gasteiger partial charge in [-0.2, -0.15) is 4.99 Å². The standard InChI is InChI=1S/C9H11BrFN5/c1-4-6(3-2-5(10)7(4)11)15-9(14)16-8(12)13/h2-3H,1H3,(H6,12,13,14,15,16). The number of hydrogen-bond acceptors (Lipinski definition) is 1. The first kappa shape index (κ1) is 12.4. The van der Waals surface area contributed by atoms with Gasteiger partial charge < -0.3 is 17.2 Å². The average molecular weight is 288 g/mol. The molecule has 0 saturated carbocycles. The van der Waals surface area contributed by atoms with E-state index in [1.165, 1.54) is 6.07 Å². The molecule has 5 nitrogen and oxygen atoms in total. The number of benzene rings is 1. The van der Waals surface area contributed by atoms with Gasteiger partial charge in [0.1, 0.15) is 5.82 Å². The lowest BCUT2D eigenvalue weighted by Gasteiger charge is -2.03. The van der Waals surface area contributed by atoms with Crippen LogP contribution in [-0.2, 0) is 0 Å². The molecule has 0 aliphatic carbocycles. The van der Waals surface area contributed by atoms with E-state index in [9.17, 15) is 4.39 Å². The first-order chi connectivity index (χ1) is 7.41. The summed E-state index contributed by atoms with van der Waals surface area (Å²) in [7, 11) is 0. The van der Waals surface area contributed by atoms with Crippen molar-refractivity contribution in [2.75, 3.05) is 0 Å². The molecule has 0 atom stereocenters. The third-order valence-corrected chi connectivity index (χ3v) is 2.40. The molecule has 0 aliphatic rings. The van der Waals surface area contributed by atoms with Crippen molar-refractivity contribution in [1.82, 2.24) is 0 Å². The normalized spacial score (nSPS) is 11.3. The summed E-state index contributed by atoms with van der Waals surface area (Å²) in [5.74, 6) is -0.708. The predicted molar refractivity (Wildman–Crippen MR) is 65.9 cm³/mol. The van der Waals surface area contributed by atoms with Gasteiger partial charge in [-0.15, -0.1) is 0 Å². The fourth-order valence-corrected chi connectivity index (χ4v) is 1.47. The largest absolute Gasteiger partial charge is 0.370 e. The molecule has 0 saturated heterocycles. The number of hydrogen-bond donors (Lipinski definition) is 3. The Morgan fingerprint density at radius 2 is 1.94 bits per heavy atom. The third kappa shape index (κ3) is 2.93. The summed E-state index contributed by atoms with van der Waals surface area (Å²) in [6.45, 7) is 1.59. The van der Waals surface area contributed by atoms with Crippen molar-refractivity contribution in [1.29, 1.82) is 0 Å². The number of nitrogens with zero attached hydrogens (tertiary/aromatic N) is 2. The van der Waals surface area contributed by atoms with Crippen molar-refractivity contribution in [3.63, 3.8) is 0 Å². The fourth-order valence-electron chi connectivity index (χ4n) is 1.04. The zero-order chi connectivity index (χ0) is 12.3. The molecule has 0 bridgehead atoms. The Kier molecular flexibility index (Phi) is 3.83. The lowest BCUT2D eigenvalue weighted by molar-refractivity contribution is 0.612. The van der Waals surface area contributed by atoms with Crippen LogP contribution in [0.5, 0.6) is 0 Å². The van der Waals surface area contributed by atoms with Crippen LogP contribution in [0.4, 0.5) is 10.1 Å². The first-order valence-corrected chi connectivity index (χ1v) is 5.09. The minimum Gasteiger partial charge on any atom is -0.370 e. The molecule has 1 rings (SSSR count). The number of nitrogens with two attached hydrogens (primary N) is 3. The Balaban J connectivity index is 3.17. The number of aliphatic imine (C=N–C) groups is 2. The minimum absolute atomic E-state index is 0.121. The maximum Gasteiger partial charge on any atom is 0.223 e. The second-order valence-electron chi connectivity index (χ2n) is 3.01.